The highest BCUT2D eigenvalue weighted by atomic mass is 32.2. The van der Waals surface area contributed by atoms with Crippen LogP contribution in [0.25, 0.3) is 0 Å². The maximum Gasteiger partial charge on any atom is 0.215 e. The molecule has 0 aromatic rings. The van der Waals surface area contributed by atoms with Crippen molar-refractivity contribution < 1.29 is 19.2 Å². The Morgan fingerprint density at radius 1 is 1.50 bits per heavy atom. The van der Waals surface area contributed by atoms with Crippen LogP contribution in [0.1, 0.15) is 33.6 Å². The number of nitriles is 1. The Morgan fingerprint density at radius 2 is 2.05 bits per heavy atom. The van der Waals surface area contributed by atoms with Gasteiger partial charge in [0.1, 0.15) is 28.2 Å². The highest BCUT2D eigenvalue weighted by molar-refractivity contribution is 8.04. The molecule has 0 heterocycles. The van der Waals surface area contributed by atoms with E-state index in [2.05, 4.69) is 5.32 Å². The summed E-state index contributed by atoms with van der Waals surface area (Å²) in [4.78, 5) is 0. The van der Waals surface area contributed by atoms with Crippen LogP contribution in [0.15, 0.2) is 11.2 Å². The van der Waals surface area contributed by atoms with E-state index in [1.54, 1.807) is 20.8 Å². The number of hydrogen-bond acceptors (Lipinski definition) is 6. The van der Waals surface area contributed by atoms with Gasteiger partial charge in [-0.15, -0.1) is 4.21 Å². The van der Waals surface area contributed by atoms with Gasteiger partial charge in [0.2, 0.25) is 6.41 Å². The van der Waals surface area contributed by atoms with Crippen molar-refractivity contribution in [2.45, 2.75) is 51.7 Å². The van der Waals surface area contributed by atoms with Crippen molar-refractivity contribution in [1.29, 1.82) is 5.26 Å². The topological polar surface area (TPSA) is 103 Å². The average molecular weight is 305 g/mol. The van der Waals surface area contributed by atoms with E-state index in [0.717, 1.165) is 0 Å². The van der Waals surface area contributed by atoms with Gasteiger partial charge in [-0.2, -0.15) is 5.26 Å². The van der Waals surface area contributed by atoms with Crippen molar-refractivity contribution in [3.63, 3.8) is 0 Å². The molecule has 0 fully saturated rings. The Kier molecular flexibility index (Phi) is 7.38. The number of nitrogens with one attached hydrogen (secondary N) is 1. The zero-order chi connectivity index (χ0) is 16.0. The second kappa shape index (κ2) is 7.74. The van der Waals surface area contributed by atoms with Gasteiger partial charge in [0.25, 0.3) is 0 Å². The molecule has 0 amide bonds. The molecule has 0 bridgehead atoms. The molecule has 0 spiro atoms. The van der Waals surface area contributed by atoms with Crippen molar-refractivity contribution in [2.75, 3.05) is 12.5 Å². The molecule has 0 saturated heterocycles. The van der Waals surface area contributed by atoms with Crippen molar-refractivity contribution >= 4 is 9.93 Å². The normalized spacial score (nSPS) is 16.6. The molecule has 0 aromatic heterocycles. The van der Waals surface area contributed by atoms with Crippen LogP contribution in [-0.2, 0) is 18.9 Å². The Bertz CT molecular complexity index is 417. The molecule has 0 aliphatic carbocycles. The first-order valence-electron chi connectivity index (χ1n) is 6.28. The van der Waals surface area contributed by atoms with E-state index in [1.807, 2.05) is 6.07 Å². The summed E-state index contributed by atoms with van der Waals surface area (Å²) in [6.07, 6.45) is 2.26. The van der Waals surface area contributed by atoms with Crippen LogP contribution in [0.3, 0.4) is 0 Å². The summed E-state index contributed by atoms with van der Waals surface area (Å²) in [7, 11) is -2.16. The first kappa shape index (κ1) is 19.1. The standard InChI is InChI=1S/C13H24N2O4S/c1-13(2,3)19-12(17)15-10(8-14)6-7-11(16)9-20(4,5)18/h9-10,12,15,17H,6-7H2,1-5H3/p+1/t10-,12?/m0/s1. The molecule has 0 aliphatic heterocycles. The van der Waals surface area contributed by atoms with E-state index in [4.69, 9.17) is 10.00 Å². The Morgan fingerprint density at radius 3 is 2.45 bits per heavy atom. The summed E-state index contributed by atoms with van der Waals surface area (Å²) < 4.78 is 16.7. The smallest absolute Gasteiger partial charge is 0.215 e. The SMILES string of the molecule is CC(C)(C)OC(O)N[C@H](C#N)CC/C(O)=C/[S+](C)(C)=O. The molecule has 3 N–H and O–H groups in total. The fraction of sp³-hybridized carbons (Fsp3) is 0.769. The number of hydrogen-bond donors (Lipinski definition) is 3. The molecule has 1 unspecified atom stereocenters. The molecular formula is C13H25N2O4S+. The largest absolute Gasteiger partial charge is 0.508 e. The van der Waals surface area contributed by atoms with E-state index in [1.165, 1.54) is 17.9 Å². The summed E-state index contributed by atoms with van der Waals surface area (Å²) in [5.41, 5.74) is -0.537. The highest BCUT2D eigenvalue weighted by Gasteiger charge is 2.20. The lowest BCUT2D eigenvalue weighted by Crippen LogP contribution is -2.43. The average Bonchev–Trinajstić information content (AvgIpc) is 2.18. The summed E-state index contributed by atoms with van der Waals surface area (Å²) in [5.74, 6) is -0.0201. The summed E-state index contributed by atoms with van der Waals surface area (Å²) in [5, 5.41) is 32.1. The predicted molar refractivity (Wildman–Crippen MR) is 79.2 cm³/mol. The molecule has 20 heavy (non-hydrogen) atoms. The minimum absolute atomic E-state index is 0.0201. The van der Waals surface area contributed by atoms with Crippen LogP contribution in [0.2, 0.25) is 0 Å². The number of aliphatic hydroxyl groups is 2. The third-order valence-corrected chi connectivity index (χ3v) is 2.91. The van der Waals surface area contributed by atoms with Gasteiger partial charge in [-0.3, -0.25) is 5.32 Å². The van der Waals surface area contributed by atoms with E-state index in [0.29, 0.717) is 0 Å². The molecule has 7 heteroatoms. The zero-order valence-electron chi connectivity index (χ0n) is 12.7. The quantitative estimate of drug-likeness (QED) is 0.374. The minimum Gasteiger partial charge on any atom is -0.508 e. The van der Waals surface area contributed by atoms with E-state index >= 15 is 0 Å². The summed E-state index contributed by atoms with van der Waals surface area (Å²) in [6.45, 7) is 5.35. The molecule has 0 aromatic carbocycles. The van der Waals surface area contributed by atoms with E-state index < -0.39 is 28.0 Å². The lowest BCUT2D eigenvalue weighted by Gasteiger charge is -2.25. The van der Waals surface area contributed by atoms with Crippen LogP contribution in [0, 0.1) is 11.3 Å². The van der Waals surface area contributed by atoms with Crippen molar-refractivity contribution in [2.24, 2.45) is 0 Å². The van der Waals surface area contributed by atoms with Crippen LogP contribution in [0.5, 0.6) is 0 Å². The highest BCUT2D eigenvalue weighted by Crippen LogP contribution is 2.11. The molecule has 0 rings (SSSR count). The fourth-order valence-corrected chi connectivity index (χ4v) is 2.18. The van der Waals surface area contributed by atoms with Gasteiger partial charge < -0.3 is 14.9 Å². The third-order valence-electron chi connectivity index (χ3n) is 2.07. The first-order valence-corrected chi connectivity index (χ1v) is 8.72. The maximum absolute atomic E-state index is 11.5. The van der Waals surface area contributed by atoms with Gasteiger partial charge >= 0.3 is 0 Å². The number of nitrogens with zero attached hydrogens (tertiary/aromatic N) is 1. The Labute approximate surface area is 121 Å². The number of aliphatic hydroxyl groups excluding tert-OH is 2. The molecule has 0 saturated carbocycles. The van der Waals surface area contributed by atoms with Gasteiger partial charge in [0.15, 0.2) is 5.41 Å². The van der Waals surface area contributed by atoms with E-state index in [9.17, 15) is 14.4 Å². The molecule has 2 atom stereocenters. The Hall–Kier alpha value is -0.940. The van der Waals surface area contributed by atoms with Gasteiger partial charge in [0, 0.05) is 6.42 Å². The molecular weight excluding hydrogens is 280 g/mol. The van der Waals surface area contributed by atoms with Crippen LogP contribution < -0.4 is 5.32 Å². The monoisotopic (exact) mass is 305 g/mol. The summed E-state index contributed by atoms with van der Waals surface area (Å²) in [6, 6.07) is 1.30. The molecule has 116 valence electrons. The fourth-order valence-electron chi connectivity index (χ4n) is 1.40. The van der Waals surface area contributed by atoms with Gasteiger partial charge in [0.05, 0.1) is 17.7 Å². The molecule has 0 radical (unpaired) electrons. The number of ether oxygens (including phenoxy) is 1. The van der Waals surface area contributed by atoms with Crippen LogP contribution in [-0.4, -0.2) is 40.8 Å². The minimum atomic E-state index is -2.16. The van der Waals surface area contributed by atoms with Crippen molar-refractivity contribution in [1.82, 2.24) is 5.32 Å². The zero-order valence-corrected chi connectivity index (χ0v) is 13.5. The van der Waals surface area contributed by atoms with Gasteiger partial charge in [-0.05, 0) is 27.2 Å². The molecule has 6 nitrogen and oxygen atoms in total. The second-order valence-electron chi connectivity index (χ2n) is 5.89. The second-order valence-corrected chi connectivity index (χ2v) is 8.74. The lowest BCUT2D eigenvalue weighted by molar-refractivity contribution is -0.183. The predicted octanol–water partition coefficient (Wildman–Crippen LogP) is 1.50. The Balaban J connectivity index is 4.35. The number of allylic oxidation sites excluding steroid dienone is 1. The van der Waals surface area contributed by atoms with Crippen molar-refractivity contribution in [3.05, 3.63) is 11.2 Å². The maximum atomic E-state index is 11.5. The molecule has 0 aliphatic rings. The van der Waals surface area contributed by atoms with E-state index in [-0.39, 0.29) is 18.6 Å². The van der Waals surface area contributed by atoms with Gasteiger partial charge in [-0.1, -0.05) is 0 Å². The third kappa shape index (κ3) is 10.9. The van der Waals surface area contributed by atoms with Gasteiger partial charge in [-0.25, -0.2) is 0 Å². The lowest BCUT2D eigenvalue weighted by atomic mass is 10.1. The van der Waals surface area contributed by atoms with Crippen LogP contribution in [0.4, 0.5) is 0 Å². The summed E-state index contributed by atoms with van der Waals surface area (Å²) >= 11 is 0. The van der Waals surface area contributed by atoms with Crippen molar-refractivity contribution in [3.8, 4) is 6.07 Å². The first-order chi connectivity index (χ1) is 8.93. The number of rotatable bonds is 7. The van der Waals surface area contributed by atoms with Crippen LogP contribution >= 0.6 is 0 Å².